The third-order valence-electron chi connectivity index (χ3n) is 4.36. The molecule has 0 spiro atoms. The van der Waals surface area contributed by atoms with Gasteiger partial charge >= 0.3 is 17.9 Å². The third kappa shape index (κ3) is 9.51. The van der Waals surface area contributed by atoms with Crippen molar-refractivity contribution in [1.82, 2.24) is 10.6 Å². The summed E-state index contributed by atoms with van der Waals surface area (Å²) in [5.41, 5.74) is 11.1. The van der Waals surface area contributed by atoms with Crippen LogP contribution in [0.25, 0.3) is 0 Å². The molecule has 0 radical (unpaired) electrons. The molecule has 188 valence electrons. The number of hydrogen-bond donors (Lipinski definition) is 9. The Balaban J connectivity index is 2.98. The zero-order valence-electron chi connectivity index (χ0n) is 17.8. The Hall–Kier alpha value is -3.56. The maximum Gasteiger partial charge on any atom is 0.322 e. The van der Waals surface area contributed by atoms with Crippen LogP contribution < -0.4 is 22.1 Å². The molecule has 3 atom stereocenters. The number of benzene rings is 1. The van der Waals surface area contributed by atoms with Crippen LogP contribution in [0.4, 0.5) is 0 Å². The summed E-state index contributed by atoms with van der Waals surface area (Å²) in [5, 5.41) is 51.0. The van der Waals surface area contributed by atoms with E-state index < -0.39 is 65.9 Å². The summed E-state index contributed by atoms with van der Waals surface area (Å²) < 4.78 is 0. The summed E-state index contributed by atoms with van der Waals surface area (Å²) >= 11 is 0.813. The number of hydrogen-bond acceptors (Lipinski definition) is 10. The van der Waals surface area contributed by atoms with E-state index in [4.69, 9.17) is 26.8 Å². The van der Waals surface area contributed by atoms with Crippen molar-refractivity contribution >= 4 is 41.5 Å². The van der Waals surface area contributed by atoms with Crippen LogP contribution in [0.2, 0.25) is 0 Å². The highest BCUT2D eigenvalue weighted by atomic mass is 32.2. The maximum absolute atomic E-state index is 12.4. The quantitative estimate of drug-likeness (QED) is 0.0987. The van der Waals surface area contributed by atoms with Gasteiger partial charge in [0.25, 0.3) is 0 Å². The molecular formula is C19H26N4O10S. The van der Waals surface area contributed by atoms with Gasteiger partial charge in [-0.3, -0.25) is 24.0 Å². The van der Waals surface area contributed by atoms with E-state index in [9.17, 15) is 34.2 Å². The number of nitrogens with one attached hydrogen (secondary N) is 2. The van der Waals surface area contributed by atoms with E-state index in [1.807, 2.05) is 0 Å². The van der Waals surface area contributed by atoms with Gasteiger partial charge in [0.2, 0.25) is 11.8 Å². The Labute approximate surface area is 197 Å². The lowest BCUT2D eigenvalue weighted by molar-refractivity contribution is -0.139. The highest BCUT2D eigenvalue weighted by Gasteiger charge is 2.24. The first-order valence-electron chi connectivity index (χ1n) is 9.75. The molecule has 3 unspecified atom stereocenters. The number of amides is 2. The van der Waals surface area contributed by atoms with Gasteiger partial charge in [-0.2, -0.15) is 0 Å². The van der Waals surface area contributed by atoms with Crippen LogP contribution in [0, 0.1) is 0 Å². The molecule has 1 aromatic rings. The Kier molecular flexibility index (Phi) is 11.1. The summed E-state index contributed by atoms with van der Waals surface area (Å²) in [6, 6.07) is -1.38. The van der Waals surface area contributed by atoms with Gasteiger partial charge in [0.15, 0.2) is 11.5 Å². The van der Waals surface area contributed by atoms with Gasteiger partial charge in [0.05, 0.1) is 4.90 Å². The van der Waals surface area contributed by atoms with Gasteiger partial charge in [0.1, 0.15) is 24.7 Å². The molecule has 0 aliphatic rings. The van der Waals surface area contributed by atoms with Gasteiger partial charge < -0.3 is 47.6 Å². The van der Waals surface area contributed by atoms with E-state index in [2.05, 4.69) is 10.6 Å². The smallest absolute Gasteiger partial charge is 0.322 e. The summed E-state index contributed by atoms with van der Waals surface area (Å²) in [6.07, 6.45) is -0.701. The molecule has 1 aromatic carbocycles. The van der Waals surface area contributed by atoms with Crippen molar-refractivity contribution in [3.63, 3.8) is 0 Å². The molecule has 11 N–H and O–H groups in total. The fourth-order valence-corrected chi connectivity index (χ4v) is 3.59. The highest BCUT2D eigenvalue weighted by molar-refractivity contribution is 7.99. The molecule has 0 aromatic heterocycles. The van der Waals surface area contributed by atoms with E-state index in [1.165, 1.54) is 6.07 Å². The zero-order valence-corrected chi connectivity index (χ0v) is 18.6. The van der Waals surface area contributed by atoms with Gasteiger partial charge in [0, 0.05) is 12.2 Å². The first kappa shape index (κ1) is 28.5. The van der Waals surface area contributed by atoms with Crippen molar-refractivity contribution in [1.29, 1.82) is 0 Å². The number of aromatic hydroxyl groups is 2. The highest BCUT2D eigenvalue weighted by Crippen LogP contribution is 2.37. The number of thioether (sulfide) groups is 1. The van der Waals surface area contributed by atoms with Crippen molar-refractivity contribution in [3.05, 3.63) is 17.7 Å². The monoisotopic (exact) mass is 502 g/mol. The predicted octanol–water partition coefficient (Wildman–Crippen LogP) is -1.98. The molecule has 0 saturated heterocycles. The van der Waals surface area contributed by atoms with E-state index in [0.717, 1.165) is 17.8 Å². The third-order valence-corrected chi connectivity index (χ3v) is 5.48. The van der Waals surface area contributed by atoms with Crippen LogP contribution >= 0.6 is 11.8 Å². The normalized spacial score (nSPS) is 13.4. The molecule has 14 nitrogen and oxygen atoms in total. The lowest BCUT2D eigenvalue weighted by Crippen LogP contribution is -2.49. The first-order chi connectivity index (χ1) is 15.8. The molecule has 0 aliphatic heterocycles. The number of carbonyl (C=O) groups is 5. The lowest BCUT2D eigenvalue weighted by Gasteiger charge is -2.19. The molecule has 0 saturated carbocycles. The number of rotatable bonds is 14. The Bertz CT molecular complexity index is 942. The van der Waals surface area contributed by atoms with Crippen LogP contribution in [0.15, 0.2) is 17.0 Å². The Morgan fingerprint density at radius 2 is 1.59 bits per heavy atom. The number of carboxylic acid groups (broad SMARTS) is 3. The molecule has 0 fully saturated rings. The maximum atomic E-state index is 12.4. The van der Waals surface area contributed by atoms with Crippen molar-refractivity contribution in [3.8, 4) is 11.5 Å². The molecule has 0 aliphatic carbocycles. The number of phenols is 2. The fourth-order valence-electron chi connectivity index (χ4n) is 2.54. The second-order valence-electron chi connectivity index (χ2n) is 7.14. The molecule has 1 rings (SSSR count). The number of nitrogens with two attached hydrogens (primary N) is 2. The van der Waals surface area contributed by atoms with Crippen molar-refractivity contribution in [2.75, 3.05) is 12.3 Å². The molecule has 0 bridgehead atoms. The Morgan fingerprint density at radius 3 is 2.15 bits per heavy atom. The average molecular weight is 503 g/mol. The topological polar surface area (TPSA) is 263 Å². The minimum Gasteiger partial charge on any atom is -0.504 e. The largest absolute Gasteiger partial charge is 0.504 e. The van der Waals surface area contributed by atoms with Crippen LogP contribution in [-0.2, 0) is 30.4 Å². The summed E-state index contributed by atoms with van der Waals surface area (Å²) in [6.45, 7) is -0.728. The SMILES string of the molecule is NC(CCC(=O)NC(CSc1cc(CC(N)C(=O)O)cc(O)c1O)C(=O)NCC(=O)O)C(=O)O. The molecule has 2 amide bonds. The second-order valence-corrected chi connectivity index (χ2v) is 8.20. The van der Waals surface area contributed by atoms with E-state index in [0.29, 0.717) is 0 Å². The van der Waals surface area contributed by atoms with Gasteiger partial charge in [-0.15, -0.1) is 11.8 Å². The minimum absolute atomic E-state index is 0.0470. The number of phenolic OH excluding ortho intramolecular Hbond substituents is 2. The van der Waals surface area contributed by atoms with Gasteiger partial charge in [-0.25, -0.2) is 0 Å². The predicted molar refractivity (Wildman–Crippen MR) is 117 cm³/mol. The standard InChI is InChI=1S/C19H26N4O10S/c20-9(18(30)31)1-2-14(25)23-11(17(29)22-6-15(26)27)7-34-13-5-8(3-10(21)19(32)33)4-12(24)16(13)28/h4-5,9-11,24,28H,1-3,6-7,20-21H2,(H,22,29)(H,23,25)(H,26,27)(H,30,31)(H,32,33). The zero-order chi connectivity index (χ0) is 26.0. The summed E-state index contributed by atoms with van der Waals surface area (Å²) in [5.74, 6) is -6.84. The molecular weight excluding hydrogens is 476 g/mol. The van der Waals surface area contributed by atoms with Crippen LogP contribution in [0.3, 0.4) is 0 Å². The summed E-state index contributed by atoms with van der Waals surface area (Å²) in [7, 11) is 0. The Morgan fingerprint density at radius 1 is 0.971 bits per heavy atom. The lowest BCUT2D eigenvalue weighted by atomic mass is 10.1. The second kappa shape index (κ2) is 13.2. The molecule has 15 heteroatoms. The minimum atomic E-state index is -1.33. The van der Waals surface area contributed by atoms with Crippen LogP contribution in [-0.4, -0.2) is 85.7 Å². The van der Waals surface area contributed by atoms with Crippen molar-refractivity contribution < 1.29 is 49.5 Å². The van der Waals surface area contributed by atoms with E-state index >= 15 is 0 Å². The number of carbonyl (C=O) groups excluding carboxylic acids is 2. The average Bonchev–Trinajstić information content (AvgIpc) is 2.75. The fraction of sp³-hybridized carbons (Fsp3) is 0.421. The van der Waals surface area contributed by atoms with E-state index in [1.54, 1.807) is 0 Å². The first-order valence-corrected chi connectivity index (χ1v) is 10.7. The number of aliphatic carboxylic acids is 3. The van der Waals surface area contributed by atoms with Gasteiger partial charge in [-0.05, 0) is 30.5 Å². The van der Waals surface area contributed by atoms with E-state index in [-0.39, 0.29) is 35.5 Å². The molecule has 34 heavy (non-hydrogen) atoms. The van der Waals surface area contributed by atoms with Crippen LogP contribution in [0.1, 0.15) is 18.4 Å². The van der Waals surface area contributed by atoms with Crippen molar-refractivity contribution in [2.45, 2.75) is 42.3 Å². The van der Waals surface area contributed by atoms with Crippen molar-refractivity contribution in [2.24, 2.45) is 11.5 Å². The van der Waals surface area contributed by atoms with Gasteiger partial charge in [-0.1, -0.05) is 0 Å². The number of carboxylic acids is 3. The van der Waals surface area contributed by atoms with Crippen LogP contribution in [0.5, 0.6) is 11.5 Å². The molecule has 0 heterocycles. The summed E-state index contributed by atoms with van der Waals surface area (Å²) in [4.78, 5) is 57.1.